The summed E-state index contributed by atoms with van der Waals surface area (Å²) in [6.07, 6.45) is 9.22. The molecule has 2 aromatic rings. The van der Waals surface area contributed by atoms with Gasteiger partial charge in [-0.15, -0.1) is 0 Å². The van der Waals surface area contributed by atoms with Crippen LogP contribution in [0.1, 0.15) is 37.7 Å². The summed E-state index contributed by atoms with van der Waals surface area (Å²) in [6, 6.07) is 3.87. The topological polar surface area (TPSA) is 86.0 Å². The molecular formula is C16H21N5O. The highest BCUT2D eigenvalue weighted by Gasteiger charge is 2.18. The third-order valence-corrected chi connectivity index (χ3v) is 3.84. The lowest BCUT2D eigenvalue weighted by Gasteiger charge is -2.23. The number of nitrogen functional groups attached to an aromatic ring is 1. The number of pyridine rings is 1. The molecule has 0 bridgehead atoms. The van der Waals surface area contributed by atoms with Crippen molar-refractivity contribution in [2.45, 2.75) is 45.1 Å². The van der Waals surface area contributed by atoms with Gasteiger partial charge >= 0.3 is 0 Å². The van der Waals surface area contributed by atoms with Gasteiger partial charge in [0.25, 0.3) is 0 Å². The minimum absolute atomic E-state index is 0.205. The molecule has 2 heterocycles. The van der Waals surface area contributed by atoms with E-state index in [0.717, 1.165) is 18.4 Å². The van der Waals surface area contributed by atoms with Crippen molar-refractivity contribution in [3.8, 4) is 5.88 Å². The van der Waals surface area contributed by atoms with Crippen molar-refractivity contribution in [1.82, 2.24) is 15.0 Å². The third kappa shape index (κ3) is 3.44. The lowest BCUT2D eigenvalue weighted by Crippen LogP contribution is -2.21. The van der Waals surface area contributed by atoms with E-state index < -0.39 is 0 Å². The minimum Gasteiger partial charge on any atom is -0.473 e. The molecule has 0 amide bonds. The first-order valence-corrected chi connectivity index (χ1v) is 7.69. The van der Waals surface area contributed by atoms with Gasteiger partial charge in [0.15, 0.2) is 5.82 Å². The Labute approximate surface area is 130 Å². The quantitative estimate of drug-likeness (QED) is 0.901. The first-order valence-electron chi connectivity index (χ1n) is 7.69. The maximum absolute atomic E-state index is 6.15. The Hall–Kier alpha value is -2.37. The summed E-state index contributed by atoms with van der Waals surface area (Å²) in [5, 5.41) is 3.12. The molecule has 0 atom stereocenters. The van der Waals surface area contributed by atoms with Crippen LogP contribution in [-0.2, 0) is 0 Å². The molecule has 1 fully saturated rings. The van der Waals surface area contributed by atoms with Crippen molar-refractivity contribution in [3.05, 3.63) is 30.2 Å². The maximum atomic E-state index is 6.15. The third-order valence-electron chi connectivity index (χ3n) is 3.84. The van der Waals surface area contributed by atoms with Crippen LogP contribution in [0.5, 0.6) is 5.88 Å². The van der Waals surface area contributed by atoms with E-state index in [4.69, 9.17) is 10.5 Å². The van der Waals surface area contributed by atoms with Gasteiger partial charge in [-0.05, 0) is 50.3 Å². The van der Waals surface area contributed by atoms with Crippen LogP contribution >= 0.6 is 0 Å². The fourth-order valence-electron chi connectivity index (χ4n) is 2.64. The Morgan fingerprint density at radius 3 is 2.77 bits per heavy atom. The number of anilines is 3. The molecule has 0 aromatic carbocycles. The molecule has 0 spiro atoms. The Balaban J connectivity index is 1.76. The van der Waals surface area contributed by atoms with Gasteiger partial charge < -0.3 is 15.8 Å². The lowest BCUT2D eigenvalue weighted by molar-refractivity contribution is 0.149. The smallest absolute Gasteiger partial charge is 0.242 e. The molecule has 2 aromatic heterocycles. The molecule has 116 valence electrons. The summed E-state index contributed by atoms with van der Waals surface area (Å²) in [4.78, 5) is 12.6. The molecular weight excluding hydrogens is 278 g/mol. The fraction of sp³-hybridized carbons (Fsp3) is 0.438. The largest absolute Gasteiger partial charge is 0.473 e. The Morgan fingerprint density at radius 1 is 1.18 bits per heavy atom. The van der Waals surface area contributed by atoms with Crippen LogP contribution in [0.4, 0.5) is 17.3 Å². The van der Waals surface area contributed by atoms with Crippen LogP contribution in [-0.4, -0.2) is 21.1 Å². The van der Waals surface area contributed by atoms with Crippen molar-refractivity contribution in [3.63, 3.8) is 0 Å². The van der Waals surface area contributed by atoms with Gasteiger partial charge in [0.05, 0.1) is 0 Å². The summed E-state index contributed by atoms with van der Waals surface area (Å²) in [6.45, 7) is 2.01. The van der Waals surface area contributed by atoms with E-state index in [2.05, 4.69) is 20.3 Å². The average molecular weight is 299 g/mol. The van der Waals surface area contributed by atoms with E-state index in [0.29, 0.717) is 23.2 Å². The molecule has 0 aliphatic heterocycles. The summed E-state index contributed by atoms with van der Waals surface area (Å²) in [5.41, 5.74) is 7.69. The van der Waals surface area contributed by atoms with Crippen LogP contribution < -0.4 is 15.8 Å². The number of nitrogens with two attached hydrogens (primary N) is 1. The second kappa shape index (κ2) is 6.60. The Kier molecular flexibility index (Phi) is 4.37. The van der Waals surface area contributed by atoms with Crippen molar-refractivity contribution >= 4 is 17.3 Å². The van der Waals surface area contributed by atoms with E-state index in [1.54, 1.807) is 6.20 Å². The number of hydrogen-bond donors (Lipinski definition) is 2. The van der Waals surface area contributed by atoms with E-state index in [9.17, 15) is 0 Å². The molecule has 1 saturated carbocycles. The van der Waals surface area contributed by atoms with Gasteiger partial charge in [-0.3, -0.25) is 0 Å². The molecule has 6 heteroatoms. The molecule has 22 heavy (non-hydrogen) atoms. The van der Waals surface area contributed by atoms with Crippen molar-refractivity contribution in [2.24, 2.45) is 0 Å². The SMILES string of the molecule is Cc1ccnc(Nc2ncnc(OC3CCCCC3)c2N)c1. The molecule has 0 unspecified atom stereocenters. The summed E-state index contributed by atoms with van der Waals surface area (Å²) in [7, 11) is 0. The summed E-state index contributed by atoms with van der Waals surface area (Å²) >= 11 is 0. The molecule has 3 N–H and O–H groups in total. The summed E-state index contributed by atoms with van der Waals surface area (Å²) < 4.78 is 5.95. The molecule has 1 aliphatic rings. The zero-order valence-electron chi connectivity index (χ0n) is 12.7. The maximum Gasteiger partial charge on any atom is 0.242 e. The van der Waals surface area contributed by atoms with Gasteiger partial charge in [0, 0.05) is 6.20 Å². The van der Waals surface area contributed by atoms with Crippen molar-refractivity contribution in [2.75, 3.05) is 11.1 Å². The van der Waals surface area contributed by atoms with Gasteiger partial charge in [0.1, 0.15) is 23.9 Å². The number of rotatable bonds is 4. The van der Waals surface area contributed by atoms with Gasteiger partial charge in [-0.25, -0.2) is 9.97 Å². The monoisotopic (exact) mass is 299 g/mol. The second-order valence-electron chi connectivity index (χ2n) is 5.66. The number of hydrogen-bond acceptors (Lipinski definition) is 6. The summed E-state index contributed by atoms with van der Waals surface area (Å²) in [5.74, 6) is 1.69. The highest BCUT2D eigenvalue weighted by atomic mass is 16.5. The lowest BCUT2D eigenvalue weighted by atomic mass is 9.98. The van der Waals surface area contributed by atoms with E-state index in [1.807, 2.05) is 19.1 Å². The molecule has 0 saturated heterocycles. The zero-order chi connectivity index (χ0) is 15.4. The van der Waals surface area contributed by atoms with Crippen molar-refractivity contribution in [1.29, 1.82) is 0 Å². The highest BCUT2D eigenvalue weighted by molar-refractivity contribution is 5.70. The number of ether oxygens (including phenoxy) is 1. The molecule has 1 aliphatic carbocycles. The zero-order valence-corrected chi connectivity index (χ0v) is 12.7. The first kappa shape index (κ1) is 14.6. The van der Waals surface area contributed by atoms with Crippen LogP contribution in [0.3, 0.4) is 0 Å². The first-order chi connectivity index (χ1) is 10.7. The highest BCUT2D eigenvalue weighted by Crippen LogP contribution is 2.30. The van der Waals surface area contributed by atoms with Crippen LogP contribution in [0.2, 0.25) is 0 Å². The minimum atomic E-state index is 0.205. The van der Waals surface area contributed by atoms with Gasteiger partial charge in [0.2, 0.25) is 5.88 Å². The average Bonchev–Trinajstić information content (AvgIpc) is 2.52. The van der Waals surface area contributed by atoms with Crippen LogP contribution in [0.25, 0.3) is 0 Å². The predicted molar refractivity (Wildman–Crippen MR) is 86.2 cm³/mol. The predicted octanol–water partition coefficient (Wildman–Crippen LogP) is 3.22. The van der Waals surface area contributed by atoms with Crippen LogP contribution in [0.15, 0.2) is 24.7 Å². The number of nitrogens with one attached hydrogen (secondary N) is 1. The normalized spacial score (nSPS) is 15.5. The fourth-order valence-corrected chi connectivity index (χ4v) is 2.64. The van der Waals surface area contributed by atoms with Gasteiger partial charge in [-0.1, -0.05) is 6.42 Å². The molecule has 0 radical (unpaired) electrons. The Bertz CT molecular complexity index is 640. The van der Waals surface area contributed by atoms with E-state index in [-0.39, 0.29) is 6.10 Å². The molecule has 3 rings (SSSR count). The van der Waals surface area contributed by atoms with E-state index in [1.165, 1.54) is 25.6 Å². The molecule has 6 nitrogen and oxygen atoms in total. The van der Waals surface area contributed by atoms with Crippen LogP contribution in [0, 0.1) is 6.92 Å². The standard InChI is InChI=1S/C16H21N5O/c1-11-7-8-18-13(9-11)21-15-14(17)16(20-10-19-15)22-12-5-3-2-4-6-12/h7-10,12H,2-6,17H2,1H3,(H,18,19,20,21). The Morgan fingerprint density at radius 2 is 2.00 bits per heavy atom. The second-order valence-corrected chi connectivity index (χ2v) is 5.66. The number of aryl methyl sites for hydroxylation is 1. The number of nitrogens with zero attached hydrogens (tertiary/aromatic N) is 3. The van der Waals surface area contributed by atoms with Crippen molar-refractivity contribution < 1.29 is 4.74 Å². The van der Waals surface area contributed by atoms with Gasteiger partial charge in [-0.2, -0.15) is 4.98 Å². The number of aromatic nitrogens is 3. The van der Waals surface area contributed by atoms with E-state index >= 15 is 0 Å².